The second-order valence-electron chi connectivity index (χ2n) is 4.54. The molecule has 2 rings (SSSR count). The molecule has 1 saturated carbocycles. The first-order valence-corrected chi connectivity index (χ1v) is 6.42. The van der Waals surface area contributed by atoms with Gasteiger partial charge in [-0.1, -0.05) is 0 Å². The molecule has 1 amide bonds. The van der Waals surface area contributed by atoms with Crippen LogP contribution in [0.25, 0.3) is 0 Å². The largest absolute Gasteiger partial charge is 0.494 e. The summed E-state index contributed by atoms with van der Waals surface area (Å²) in [6, 6.07) is 6.93. The molecule has 0 radical (unpaired) electrons. The van der Waals surface area contributed by atoms with Crippen molar-refractivity contribution in [1.29, 1.82) is 0 Å². The highest BCUT2D eigenvalue weighted by molar-refractivity contribution is 5.94. The van der Waals surface area contributed by atoms with Gasteiger partial charge in [-0.3, -0.25) is 4.79 Å². The van der Waals surface area contributed by atoms with Gasteiger partial charge in [0.1, 0.15) is 5.75 Å². The van der Waals surface area contributed by atoms with Gasteiger partial charge in [-0.05, 0) is 50.5 Å². The zero-order chi connectivity index (χ0) is 13.0. The van der Waals surface area contributed by atoms with Crippen molar-refractivity contribution in [3.8, 4) is 5.75 Å². The molecule has 4 nitrogen and oxygen atoms in total. The summed E-state index contributed by atoms with van der Waals surface area (Å²) in [7, 11) is 0. The Kier molecular flexibility index (Phi) is 4.20. The molecule has 1 aromatic carbocycles. The van der Waals surface area contributed by atoms with Gasteiger partial charge < -0.3 is 15.2 Å². The average molecular weight is 249 g/mol. The number of carbonyl (C=O) groups excluding carboxylic acids is 1. The van der Waals surface area contributed by atoms with Crippen molar-refractivity contribution in [1.82, 2.24) is 5.32 Å². The molecule has 2 N–H and O–H groups in total. The normalized spacial score (nSPS) is 22.8. The molecule has 98 valence electrons. The van der Waals surface area contributed by atoms with Crippen molar-refractivity contribution in [2.24, 2.45) is 0 Å². The number of hydrogen-bond donors (Lipinski definition) is 2. The van der Waals surface area contributed by atoms with E-state index in [2.05, 4.69) is 5.32 Å². The Morgan fingerprint density at radius 3 is 2.67 bits per heavy atom. The third-order valence-electron chi connectivity index (χ3n) is 3.22. The predicted molar refractivity (Wildman–Crippen MR) is 68.7 cm³/mol. The lowest BCUT2D eigenvalue weighted by atomic mass is 10.1. The molecule has 0 spiro atoms. The van der Waals surface area contributed by atoms with Gasteiger partial charge in [0, 0.05) is 5.56 Å². The van der Waals surface area contributed by atoms with Crippen LogP contribution in [0.3, 0.4) is 0 Å². The van der Waals surface area contributed by atoms with E-state index in [1.165, 1.54) is 0 Å². The molecular formula is C14H19NO3. The van der Waals surface area contributed by atoms with E-state index in [0.717, 1.165) is 25.0 Å². The maximum Gasteiger partial charge on any atom is 0.251 e. The highest BCUT2D eigenvalue weighted by Gasteiger charge is 2.26. The van der Waals surface area contributed by atoms with E-state index in [1.54, 1.807) is 24.3 Å². The zero-order valence-corrected chi connectivity index (χ0v) is 10.6. The Bertz CT molecular complexity index is 402. The summed E-state index contributed by atoms with van der Waals surface area (Å²) >= 11 is 0. The van der Waals surface area contributed by atoms with E-state index >= 15 is 0 Å². The molecule has 4 heteroatoms. The molecule has 18 heavy (non-hydrogen) atoms. The summed E-state index contributed by atoms with van der Waals surface area (Å²) in [4.78, 5) is 12.0. The highest BCUT2D eigenvalue weighted by atomic mass is 16.5. The predicted octanol–water partition coefficient (Wildman–Crippen LogP) is 1.73. The van der Waals surface area contributed by atoms with Crippen LogP contribution in [0, 0.1) is 0 Å². The Hall–Kier alpha value is -1.55. The zero-order valence-electron chi connectivity index (χ0n) is 10.6. The van der Waals surface area contributed by atoms with Crippen LogP contribution in [-0.4, -0.2) is 29.8 Å². The number of amides is 1. The van der Waals surface area contributed by atoms with Crippen LogP contribution in [0.2, 0.25) is 0 Å². The fourth-order valence-corrected chi connectivity index (χ4v) is 2.23. The van der Waals surface area contributed by atoms with Crippen LogP contribution in [-0.2, 0) is 0 Å². The SMILES string of the molecule is CCOc1ccc(C(=O)NC2CCCC2O)cc1. The van der Waals surface area contributed by atoms with Crippen molar-refractivity contribution >= 4 is 5.91 Å². The minimum absolute atomic E-state index is 0.107. The lowest BCUT2D eigenvalue weighted by molar-refractivity contribution is 0.0873. The minimum atomic E-state index is -0.406. The lowest BCUT2D eigenvalue weighted by Gasteiger charge is -2.16. The number of rotatable bonds is 4. The van der Waals surface area contributed by atoms with Crippen molar-refractivity contribution in [3.63, 3.8) is 0 Å². The summed E-state index contributed by atoms with van der Waals surface area (Å²) in [6.07, 6.45) is 2.18. The van der Waals surface area contributed by atoms with Crippen molar-refractivity contribution in [2.75, 3.05) is 6.61 Å². The molecule has 0 heterocycles. The molecule has 0 bridgehead atoms. The maximum absolute atomic E-state index is 12.0. The number of benzene rings is 1. The summed E-state index contributed by atoms with van der Waals surface area (Å²) in [5.74, 6) is 0.624. The van der Waals surface area contributed by atoms with Gasteiger partial charge in [-0.25, -0.2) is 0 Å². The first-order chi connectivity index (χ1) is 8.70. The number of aliphatic hydroxyl groups is 1. The smallest absolute Gasteiger partial charge is 0.251 e. The molecule has 0 aliphatic heterocycles. The maximum atomic E-state index is 12.0. The van der Waals surface area contributed by atoms with E-state index in [0.29, 0.717) is 12.2 Å². The van der Waals surface area contributed by atoms with Crippen LogP contribution in [0.4, 0.5) is 0 Å². The number of nitrogens with one attached hydrogen (secondary N) is 1. The van der Waals surface area contributed by atoms with Crippen molar-refractivity contribution in [3.05, 3.63) is 29.8 Å². The summed E-state index contributed by atoms with van der Waals surface area (Å²) in [6.45, 7) is 2.53. The van der Waals surface area contributed by atoms with E-state index < -0.39 is 6.10 Å². The van der Waals surface area contributed by atoms with E-state index in [1.807, 2.05) is 6.92 Å². The van der Waals surface area contributed by atoms with Crippen LogP contribution >= 0.6 is 0 Å². The summed E-state index contributed by atoms with van der Waals surface area (Å²) in [5, 5.41) is 12.5. The van der Waals surface area contributed by atoms with E-state index in [4.69, 9.17) is 4.74 Å². The Balaban J connectivity index is 1.96. The molecular weight excluding hydrogens is 230 g/mol. The molecule has 1 aliphatic rings. The molecule has 1 fully saturated rings. The van der Waals surface area contributed by atoms with Gasteiger partial charge in [-0.15, -0.1) is 0 Å². The van der Waals surface area contributed by atoms with E-state index in [-0.39, 0.29) is 11.9 Å². The van der Waals surface area contributed by atoms with Gasteiger partial charge in [-0.2, -0.15) is 0 Å². The Labute approximate surface area is 107 Å². The van der Waals surface area contributed by atoms with Gasteiger partial charge in [0.25, 0.3) is 5.91 Å². The third-order valence-corrected chi connectivity index (χ3v) is 3.22. The van der Waals surface area contributed by atoms with Crippen LogP contribution in [0.1, 0.15) is 36.5 Å². The van der Waals surface area contributed by atoms with Crippen LogP contribution in [0.5, 0.6) is 5.75 Å². The molecule has 1 aromatic rings. The van der Waals surface area contributed by atoms with Crippen molar-refractivity contribution in [2.45, 2.75) is 38.3 Å². The Morgan fingerprint density at radius 1 is 1.39 bits per heavy atom. The first kappa shape index (κ1) is 12.9. The number of aliphatic hydroxyl groups excluding tert-OH is 1. The molecule has 0 saturated heterocycles. The molecule has 0 aromatic heterocycles. The van der Waals surface area contributed by atoms with Gasteiger partial charge in [0.15, 0.2) is 0 Å². The fourth-order valence-electron chi connectivity index (χ4n) is 2.23. The monoisotopic (exact) mass is 249 g/mol. The fraction of sp³-hybridized carbons (Fsp3) is 0.500. The second-order valence-corrected chi connectivity index (χ2v) is 4.54. The van der Waals surface area contributed by atoms with Crippen molar-refractivity contribution < 1.29 is 14.6 Å². The van der Waals surface area contributed by atoms with Crippen LogP contribution in [0.15, 0.2) is 24.3 Å². The summed E-state index contributed by atoms with van der Waals surface area (Å²) in [5.41, 5.74) is 0.595. The first-order valence-electron chi connectivity index (χ1n) is 6.42. The van der Waals surface area contributed by atoms with E-state index in [9.17, 15) is 9.90 Å². The number of hydrogen-bond acceptors (Lipinski definition) is 3. The lowest BCUT2D eigenvalue weighted by Crippen LogP contribution is -2.39. The van der Waals surface area contributed by atoms with Gasteiger partial charge in [0.2, 0.25) is 0 Å². The quantitative estimate of drug-likeness (QED) is 0.854. The topological polar surface area (TPSA) is 58.6 Å². The van der Waals surface area contributed by atoms with Gasteiger partial charge >= 0.3 is 0 Å². The van der Waals surface area contributed by atoms with Gasteiger partial charge in [0.05, 0.1) is 18.8 Å². The van der Waals surface area contributed by atoms with Crippen LogP contribution < -0.4 is 10.1 Å². The second kappa shape index (κ2) is 5.87. The Morgan fingerprint density at radius 2 is 2.11 bits per heavy atom. The standard InChI is InChI=1S/C14H19NO3/c1-2-18-11-8-6-10(7-9-11)14(17)15-12-4-3-5-13(12)16/h6-9,12-13,16H,2-5H2,1H3,(H,15,17). The molecule has 2 unspecified atom stereocenters. The average Bonchev–Trinajstić information content (AvgIpc) is 2.76. The number of ether oxygens (including phenoxy) is 1. The minimum Gasteiger partial charge on any atom is -0.494 e. The third kappa shape index (κ3) is 3.01. The summed E-state index contributed by atoms with van der Waals surface area (Å²) < 4.78 is 5.32. The molecule has 1 aliphatic carbocycles. The number of carbonyl (C=O) groups is 1. The highest BCUT2D eigenvalue weighted by Crippen LogP contribution is 2.19. The molecule has 2 atom stereocenters.